The molecule has 0 atom stereocenters. The Balaban J connectivity index is 1.99. The van der Waals surface area contributed by atoms with Crippen molar-refractivity contribution < 1.29 is 9.53 Å². The van der Waals surface area contributed by atoms with E-state index in [0.717, 1.165) is 21.5 Å². The Morgan fingerprint density at radius 1 is 1.30 bits per heavy atom. The van der Waals surface area contributed by atoms with E-state index in [0.29, 0.717) is 22.0 Å². The number of pyridine rings is 1. The van der Waals surface area contributed by atoms with Crippen LogP contribution in [0.15, 0.2) is 30.3 Å². The van der Waals surface area contributed by atoms with Crippen molar-refractivity contribution in [1.29, 1.82) is 0 Å². The summed E-state index contributed by atoms with van der Waals surface area (Å²) in [6.07, 6.45) is 0. The number of rotatable bonds is 3. The van der Waals surface area contributed by atoms with Crippen molar-refractivity contribution in [3.05, 3.63) is 46.5 Å². The lowest BCUT2D eigenvalue weighted by Gasteiger charge is -2.09. The minimum atomic E-state index is -0.259. The van der Waals surface area contributed by atoms with Crippen LogP contribution in [-0.2, 0) is 0 Å². The lowest BCUT2D eigenvalue weighted by Crippen LogP contribution is -2.12. The number of thiophene rings is 1. The maximum absolute atomic E-state index is 12.6. The standard InChI is InChI=1S/C17H17N3O2S/c1-9-8-11-14(18)15(23-17(11)19-10(9)2)16(21)20-12-6-4-5-7-13(12)22-3/h4-8H,18H2,1-3H3,(H,20,21). The van der Waals surface area contributed by atoms with Crippen molar-refractivity contribution in [2.75, 3.05) is 18.2 Å². The van der Waals surface area contributed by atoms with Crippen LogP contribution in [0, 0.1) is 13.8 Å². The number of nitrogens with two attached hydrogens (primary N) is 1. The van der Waals surface area contributed by atoms with Gasteiger partial charge in [-0.1, -0.05) is 12.1 Å². The third-order valence-corrected chi connectivity index (χ3v) is 4.84. The summed E-state index contributed by atoms with van der Waals surface area (Å²) in [7, 11) is 1.56. The van der Waals surface area contributed by atoms with Gasteiger partial charge in [0.15, 0.2) is 0 Å². The zero-order valence-electron chi connectivity index (χ0n) is 13.1. The van der Waals surface area contributed by atoms with Crippen LogP contribution in [0.1, 0.15) is 20.9 Å². The maximum atomic E-state index is 12.6. The molecule has 0 radical (unpaired) electrons. The van der Waals surface area contributed by atoms with Crippen LogP contribution < -0.4 is 15.8 Å². The normalized spacial score (nSPS) is 10.7. The van der Waals surface area contributed by atoms with Crippen molar-refractivity contribution >= 4 is 38.8 Å². The summed E-state index contributed by atoms with van der Waals surface area (Å²) >= 11 is 1.30. The van der Waals surface area contributed by atoms with Gasteiger partial charge in [-0.15, -0.1) is 11.3 Å². The molecule has 0 fully saturated rings. The van der Waals surface area contributed by atoms with Gasteiger partial charge in [0.1, 0.15) is 15.5 Å². The number of fused-ring (bicyclic) bond motifs is 1. The van der Waals surface area contributed by atoms with E-state index >= 15 is 0 Å². The molecule has 0 bridgehead atoms. The molecular weight excluding hydrogens is 310 g/mol. The molecule has 0 saturated carbocycles. The van der Waals surface area contributed by atoms with Gasteiger partial charge in [0.25, 0.3) is 5.91 Å². The minimum absolute atomic E-state index is 0.259. The highest BCUT2D eigenvalue weighted by Crippen LogP contribution is 2.34. The number of anilines is 2. The van der Waals surface area contributed by atoms with E-state index in [1.807, 2.05) is 32.0 Å². The third kappa shape index (κ3) is 2.73. The molecule has 3 rings (SSSR count). The number of methoxy groups -OCH3 is 1. The first-order valence-corrected chi connectivity index (χ1v) is 7.93. The molecule has 118 valence electrons. The Kier molecular flexibility index (Phi) is 3.92. The number of hydrogen-bond donors (Lipinski definition) is 2. The fourth-order valence-corrected chi connectivity index (χ4v) is 3.34. The molecule has 23 heavy (non-hydrogen) atoms. The molecule has 0 aliphatic carbocycles. The smallest absolute Gasteiger partial charge is 0.268 e. The molecule has 0 aliphatic rings. The van der Waals surface area contributed by atoms with E-state index in [1.165, 1.54) is 11.3 Å². The predicted molar refractivity (Wildman–Crippen MR) is 94.5 cm³/mol. The molecule has 6 heteroatoms. The second-order valence-corrected chi connectivity index (χ2v) is 6.24. The summed E-state index contributed by atoms with van der Waals surface area (Å²) in [6.45, 7) is 3.92. The van der Waals surface area contributed by atoms with E-state index in [9.17, 15) is 4.79 Å². The van der Waals surface area contributed by atoms with Crippen molar-refractivity contribution in [3.8, 4) is 5.75 Å². The van der Waals surface area contributed by atoms with Gasteiger partial charge in [-0.2, -0.15) is 0 Å². The number of para-hydroxylation sites is 2. The molecule has 0 saturated heterocycles. The third-order valence-electron chi connectivity index (χ3n) is 3.73. The number of hydrogen-bond acceptors (Lipinski definition) is 5. The monoisotopic (exact) mass is 327 g/mol. The van der Waals surface area contributed by atoms with Crippen molar-refractivity contribution in [3.63, 3.8) is 0 Å². The van der Waals surface area contributed by atoms with Gasteiger partial charge in [0, 0.05) is 11.1 Å². The van der Waals surface area contributed by atoms with Gasteiger partial charge >= 0.3 is 0 Å². The Hall–Kier alpha value is -2.60. The number of carbonyl (C=O) groups excluding carboxylic acids is 1. The molecule has 0 aliphatic heterocycles. The van der Waals surface area contributed by atoms with Crippen LogP contribution in [-0.4, -0.2) is 18.0 Å². The zero-order chi connectivity index (χ0) is 16.6. The SMILES string of the molecule is COc1ccccc1NC(=O)c1sc2nc(C)c(C)cc2c1N. The quantitative estimate of drug-likeness (QED) is 0.768. The zero-order valence-corrected chi connectivity index (χ0v) is 14.0. The summed E-state index contributed by atoms with van der Waals surface area (Å²) < 4.78 is 5.25. The number of benzene rings is 1. The molecule has 5 nitrogen and oxygen atoms in total. The maximum Gasteiger partial charge on any atom is 0.268 e. The fourth-order valence-electron chi connectivity index (χ4n) is 2.32. The molecule has 3 N–H and O–H groups in total. The number of ether oxygens (including phenoxy) is 1. The highest BCUT2D eigenvalue weighted by Gasteiger charge is 2.19. The topological polar surface area (TPSA) is 77.2 Å². The fraction of sp³-hybridized carbons (Fsp3) is 0.176. The van der Waals surface area contributed by atoms with Gasteiger partial charge < -0.3 is 15.8 Å². The second kappa shape index (κ2) is 5.89. The summed E-state index contributed by atoms with van der Waals surface area (Å²) in [6, 6.07) is 9.23. The minimum Gasteiger partial charge on any atom is -0.495 e. The molecular formula is C17H17N3O2S. The summed E-state index contributed by atoms with van der Waals surface area (Å²) in [4.78, 5) is 18.3. The van der Waals surface area contributed by atoms with E-state index in [-0.39, 0.29) is 5.91 Å². The van der Waals surface area contributed by atoms with Crippen LogP contribution in [0.25, 0.3) is 10.2 Å². The number of amides is 1. The van der Waals surface area contributed by atoms with E-state index in [2.05, 4.69) is 10.3 Å². The van der Waals surface area contributed by atoms with E-state index in [4.69, 9.17) is 10.5 Å². The number of aryl methyl sites for hydroxylation is 2. The molecule has 2 aromatic heterocycles. The number of carbonyl (C=O) groups is 1. The van der Waals surface area contributed by atoms with E-state index < -0.39 is 0 Å². The Bertz CT molecular complexity index is 902. The van der Waals surface area contributed by atoms with Gasteiger partial charge in [-0.25, -0.2) is 4.98 Å². The highest BCUT2D eigenvalue weighted by atomic mass is 32.1. The van der Waals surface area contributed by atoms with Crippen molar-refractivity contribution in [2.45, 2.75) is 13.8 Å². The lowest BCUT2D eigenvalue weighted by atomic mass is 10.1. The molecule has 3 aromatic rings. The molecule has 0 unspecified atom stereocenters. The second-order valence-electron chi connectivity index (χ2n) is 5.24. The predicted octanol–water partition coefficient (Wildman–Crippen LogP) is 3.76. The van der Waals surface area contributed by atoms with Gasteiger partial charge in [0.2, 0.25) is 0 Å². The summed E-state index contributed by atoms with van der Waals surface area (Å²) in [5.41, 5.74) is 9.23. The van der Waals surface area contributed by atoms with Gasteiger partial charge in [-0.05, 0) is 37.6 Å². The van der Waals surface area contributed by atoms with Crippen LogP contribution in [0.4, 0.5) is 11.4 Å². The number of nitrogen functional groups attached to an aromatic ring is 1. The van der Waals surface area contributed by atoms with Gasteiger partial charge in [-0.3, -0.25) is 4.79 Å². The largest absolute Gasteiger partial charge is 0.495 e. The summed E-state index contributed by atoms with van der Waals surface area (Å²) in [5.74, 6) is 0.343. The number of aromatic nitrogens is 1. The Morgan fingerprint density at radius 3 is 2.78 bits per heavy atom. The van der Waals surface area contributed by atoms with Crippen LogP contribution in [0.2, 0.25) is 0 Å². The van der Waals surface area contributed by atoms with E-state index in [1.54, 1.807) is 19.2 Å². The highest BCUT2D eigenvalue weighted by molar-refractivity contribution is 7.21. The average Bonchev–Trinajstić information content (AvgIpc) is 2.85. The first-order chi connectivity index (χ1) is 11.0. The van der Waals surface area contributed by atoms with Crippen molar-refractivity contribution in [1.82, 2.24) is 4.98 Å². The number of nitrogens with one attached hydrogen (secondary N) is 1. The summed E-state index contributed by atoms with van der Waals surface area (Å²) in [5, 5.41) is 3.67. The average molecular weight is 327 g/mol. The van der Waals surface area contributed by atoms with Crippen molar-refractivity contribution in [2.24, 2.45) is 0 Å². The molecule has 2 heterocycles. The first kappa shape index (κ1) is 15.3. The Morgan fingerprint density at radius 2 is 2.04 bits per heavy atom. The van der Waals surface area contributed by atoms with Crippen LogP contribution in [0.3, 0.4) is 0 Å². The number of nitrogens with zero attached hydrogens (tertiary/aromatic N) is 1. The van der Waals surface area contributed by atoms with Gasteiger partial charge in [0.05, 0.1) is 18.5 Å². The molecule has 0 spiro atoms. The van der Waals surface area contributed by atoms with Crippen LogP contribution >= 0.6 is 11.3 Å². The molecule has 1 aromatic carbocycles. The Labute approximate surface area is 138 Å². The first-order valence-electron chi connectivity index (χ1n) is 7.12. The van der Waals surface area contributed by atoms with Crippen LogP contribution in [0.5, 0.6) is 5.75 Å². The molecule has 1 amide bonds. The lowest BCUT2D eigenvalue weighted by molar-refractivity contribution is 0.103.